The molecule has 6 rings (SSSR count). The average Bonchev–Trinajstić information content (AvgIpc) is 0.435. The van der Waals surface area contributed by atoms with Crippen LogP contribution in [-0.2, 0) is 109 Å². The van der Waals surface area contributed by atoms with E-state index in [9.17, 15) is 67.1 Å². The lowest BCUT2D eigenvalue weighted by molar-refractivity contribution is -0.165. The Morgan fingerprint density at radius 2 is 0.322 bits per heavy atom. The summed E-state index contributed by atoms with van der Waals surface area (Å²) < 4.78 is 81.8. The van der Waals surface area contributed by atoms with Crippen molar-refractivity contribution in [3.63, 3.8) is 0 Å². The maximum absolute atomic E-state index is 12.5. The predicted octanol–water partition coefficient (Wildman–Crippen LogP) is 25.3. The summed E-state index contributed by atoms with van der Waals surface area (Å²) in [5.74, 6) is -5.22. The van der Waals surface area contributed by atoms with E-state index in [-0.39, 0.29) is 134 Å². The summed E-state index contributed by atoms with van der Waals surface area (Å²) in [5.41, 5.74) is -1.12. The van der Waals surface area contributed by atoms with Crippen LogP contribution < -0.4 is 0 Å². The largest absolute Gasteiger partial charge is 0.465 e. The number of hydrogen-bond donors (Lipinski definition) is 0. The van der Waals surface area contributed by atoms with E-state index in [1.807, 2.05) is 68.4 Å². The summed E-state index contributed by atoms with van der Waals surface area (Å²) in [4.78, 5) is 169. The van der Waals surface area contributed by atoms with E-state index < -0.39 is 68.9 Å². The number of rotatable bonds is 72. The van der Waals surface area contributed by atoms with Crippen LogP contribution in [0.25, 0.3) is 0 Å². The number of benzene rings is 6. The molecule has 0 aromatic heterocycles. The molecule has 0 heterocycles. The van der Waals surface area contributed by atoms with E-state index in [0.717, 1.165) is 96.3 Å². The smallest absolute Gasteiger partial charge is 0.338 e. The van der Waals surface area contributed by atoms with Gasteiger partial charge in [0, 0.05) is 59.0 Å². The van der Waals surface area contributed by atoms with Crippen molar-refractivity contribution in [3.8, 4) is 0 Å². The summed E-state index contributed by atoms with van der Waals surface area (Å²) in [6, 6.07) is 51.8. The molecular formula is C120H174O29. The molecule has 0 bridgehead atoms. The monoisotopic (exact) mass is 2080 g/mol. The van der Waals surface area contributed by atoms with E-state index in [4.69, 9.17) is 71.1 Å². The highest BCUT2D eigenvalue weighted by Gasteiger charge is 2.40. The lowest BCUT2D eigenvalue weighted by atomic mass is 9.88. The van der Waals surface area contributed by atoms with Gasteiger partial charge in [0.05, 0.1) is 67.1 Å². The second kappa shape index (κ2) is 81.7. The molecule has 1 atom stereocenters. The minimum atomic E-state index is -0.903. The Labute approximate surface area is 886 Å². The molecular weight excluding hydrogens is 1910 g/mol. The molecule has 0 aliphatic heterocycles. The third-order valence-electron chi connectivity index (χ3n) is 25.3. The summed E-state index contributed by atoms with van der Waals surface area (Å²) in [5, 5.41) is 0. The first-order valence-corrected chi connectivity index (χ1v) is 54.0. The van der Waals surface area contributed by atoms with Crippen LogP contribution in [-0.4, -0.2) is 189 Å². The van der Waals surface area contributed by atoms with Crippen molar-refractivity contribution in [1.82, 2.24) is 0 Å². The predicted molar refractivity (Wildman–Crippen MR) is 572 cm³/mol. The van der Waals surface area contributed by atoms with Crippen molar-refractivity contribution in [2.24, 2.45) is 27.1 Å². The Hall–Kier alpha value is -12.1. The highest BCUT2D eigenvalue weighted by molar-refractivity contribution is 5.92. The zero-order valence-electron chi connectivity index (χ0n) is 91.7. The number of unbranched alkanes of at least 4 members (excludes halogenated alkanes) is 18. The highest BCUT2D eigenvalue weighted by Crippen LogP contribution is 2.32. The molecule has 29 heteroatoms. The molecule has 0 aliphatic carbocycles. The lowest BCUT2D eigenvalue weighted by Gasteiger charge is -2.31. The van der Waals surface area contributed by atoms with Crippen LogP contribution in [0.2, 0.25) is 0 Å². The van der Waals surface area contributed by atoms with Crippen molar-refractivity contribution in [2.45, 2.75) is 322 Å². The molecule has 0 fully saturated rings. The van der Waals surface area contributed by atoms with Gasteiger partial charge in [0.25, 0.3) is 0 Å². The van der Waals surface area contributed by atoms with Gasteiger partial charge in [0.15, 0.2) is 0 Å². The number of hydrogen-bond acceptors (Lipinski definition) is 29. The van der Waals surface area contributed by atoms with Crippen molar-refractivity contribution < 1.29 is 138 Å². The zero-order valence-corrected chi connectivity index (χ0v) is 91.7. The van der Waals surface area contributed by atoms with Gasteiger partial charge in [-0.3, -0.25) is 38.4 Å². The molecule has 0 spiro atoms. The summed E-state index contributed by atoms with van der Waals surface area (Å²) in [6.07, 6.45) is 30.0. The summed E-state index contributed by atoms with van der Waals surface area (Å²) in [7, 11) is 0. The van der Waals surface area contributed by atoms with Crippen LogP contribution in [0, 0.1) is 27.1 Å². The van der Waals surface area contributed by atoms with Gasteiger partial charge in [-0.2, -0.15) is 0 Å². The molecule has 0 saturated heterocycles. The number of carbonyl (C=O) groups excluding carboxylic acids is 14. The Balaban J connectivity index is 0.000000637. The first-order chi connectivity index (χ1) is 71.9. The van der Waals surface area contributed by atoms with Gasteiger partial charge in [0.1, 0.15) is 92.5 Å². The molecule has 0 radical (unpaired) electrons. The third-order valence-corrected chi connectivity index (χ3v) is 25.3. The molecule has 0 aliphatic rings. The van der Waals surface area contributed by atoms with Crippen molar-refractivity contribution in [1.29, 1.82) is 0 Å². The maximum atomic E-state index is 12.5. The van der Waals surface area contributed by atoms with Crippen molar-refractivity contribution >= 4 is 83.6 Å². The quantitative estimate of drug-likeness (QED) is 0.0194. The summed E-state index contributed by atoms with van der Waals surface area (Å²) >= 11 is 0. The van der Waals surface area contributed by atoms with Crippen molar-refractivity contribution in [3.05, 3.63) is 215 Å². The van der Waals surface area contributed by atoms with Gasteiger partial charge in [-0.15, -0.1) is 0 Å². The molecule has 0 N–H and O–H groups in total. The normalized spacial score (nSPS) is 11.4. The first kappa shape index (κ1) is 133. The van der Waals surface area contributed by atoms with Gasteiger partial charge in [-0.05, 0) is 150 Å². The standard InChI is InChI=1S/C33H62O6.C27H26O6.C22H24O6.C21H38O6.C17H24O5/c1-5-9-12-15-18-21-24-30(34)37-27-33(8-4,28-38-31(35)25-22-19-16-13-10-6-2)29-39-32(36)26-23-20-17-14-11-7-3;1-2-27(18-31-24(28)21-12-6-3-7-13-21,19-32-25(29)22-14-8-4-9-15-22)20-33-26(30)23-16-10-5-11-17-23;1-3-22(14-26-17(2)23,15-27-20(24)18-10-6-4-7-11-18)16-28-21(25)19-12-8-5-9-13-19;1-5-9-12-18(22)25-15-21(8-4,16-26-19(23)13-10-6-2)17-27-20(24)14-11-7-3;1-4-17(11-20-5-2,12-21-14(3)18)13-22-16(19)15-9-7-6-8-10-15/h5-29H2,1-4H3;3-17H,2,18-20H2,1H3;4-13H,3,14-16H2,1-2H3;5-17H2,1-4H3;6-10H,4-5,11-13H2,1-3H3. The van der Waals surface area contributed by atoms with Gasteiger partial charge >= 0.3 is 83.6 Å². The fraction of sp³-hybridized carbons (Fsp3) is 0.583. The Morgan fingerprint density at radius 1 is 0.174 bits per heavy atom. The van der Waals surface area contributed by atoms with E-state index >= 15 is 0 Å². The minimum Gasteiger partial charge on any atom is -0.465 e. The topological polar surface area (TPSA) is 377 Å². The molecule has 149 heavy (non-hydrogen) atoms. The van der Waals surface area contributed by atoms with Crippen molar-refractivity contribution in [2.75, 3.05) is 106 Å². The van der Waals surface area contributed by atoms with Gasteiger partial charge in [-0.25, -0.2) is 28.8 Å². The Kier molecular flexibility index (Phi) is 72.9. The van der Waals surface area contributed by atoms with Crippen LogP contribution >= 0.6 is 0 Å². The maximum Gasteiger partial charge on any atom is 0.338 e. The molecule has 0 amide bonds. The SMILES string of the molecule is CCC(COC(=O)c1ccccc1)(COC(=O)c1ccccc1)COC(=O)c1ccccc1.CCC(COC(C)=O)(COC(=O)c1ccccc1)COC(=O)c1ccccc1.CCCCC(=O)OCC(CC)(COC(=O)CCCC)COC(=O)CCCC.CCCCCCCCC(=O)OCC(CC)(COC(=O)CCCCCCCC)COC(=O)CCCCCCCC.CCOCC(CC)(COC(C)=O)COC(=O)c1ccccc1. The third kappa shape index (κ3) is 60.9. The Bertz CT molecular complexity index is 4330. The second-order valence-electron chi connectivity index (χ2n) is 37.9. The van der Waals surface area contributed by atoms with E-state index in [1.54, 1.807) is 176 Å². The minimum absolute atomic E-state index is 0.0248. The van der Waals surface area contributed by atoms with E-state index in [1.165, 1.54) is 71.6 Å². The number of esters is 14. The summed E-state index contributed by atoms with van der Waals surface area (Å²) in [6.45, 7) is 28.1. The molecule has 0 saturated carbocycles. The first-order valence-electron chi connectivity index (χ1n) is 54.0. The van der Waals surface area contributed by atoms with Gasteiger partial charge < -0.3 is 71.1 Å². The number of ether oxygens (including phenoxy) is 15. The van der Waals surface area contributed by atoms with Gasteiger partial charge in [0.2, 0.25) is 0 Å². The van der Waals surface area contributed by atoms with Crippen LogP contribution in [0.4, 0.5) is 0 Å². The second-order valence-corrected chi connectivity index (χ2v) is 37.9. The van der Waals surface area contributed by atoms with E-state index in [0.29, 0.717) is 117 Å². The molecule has 6 aromatic carbocycles. The fourth-order valence-corrected chi connectivity index (χ4v) is 14.2. The van der Waals surface area contributed by atoms with Gasteiger partial charge in [-0.1, -0.05) is 301 Å². The molecule has 1 unspecified atom stereocenters. The van der Waals surface area contributed by atoms with Crippen LogP contribution in [0.3, 0.4) is 0 Å². The van der Waals surface area contributed by atoms with Crippen LogP contribution in [0.15, 0.2) is 182 Å². The number of carbonyl (C=O) groups is 14. The molecule has 828 valence electrons. The zero-order chi connectivity index (χ0) is 110. The lowest BCUT2D eigenvalue weighted by Crippen LogP contribution is -2.39. The molecule has 6 aromatic rings. The molecule has 29 nitrogen and oxygen atoms in total. The fourth-order valence-electron chi connectivity index (χ4n) is 14.2. The van der Waals surface area contributed by atoms with Crippen LogP contribution in [0.1, 0.15) is 384 Å². The Morgan fingerprint density at radius 3 is 0.483 bits per heavy atom. The van der Waals surface area contributed by atoms with Crippen LogP contribution in [0.5, 0.6) is 0 Å². The van der Waals surface area contributed by atoms with E-state index in [2.05, 4.69) is 20.8 Å². The average molecular weight is 2080 g/mol. The highest BCUT2D eigenvalue weighted by atomic mass is 16.6.